The van der Waals surface area contributed by atoms with Crippen LogP contribution in [0.15, 0.2) is 41.3 Å². The van der Waals surface area contributed by atoms with Crippen LogP contribution in [0.25, 0.3) is 11.3 Å². The Morgan fingerprint density at radius 1 is 0.941 bits per heavy atom. The van der Waals surface area contributed by atoms with E-state index in [1.54, 1.807) is 13.3 Å². The van der Waals surface area contributed by atoms with Crippen LogP contribution in [0.2, 0.25) is 0 Å². The minimum Gasteiger partial charge on any atom is -0.497 e. The van der Waals surface area contributed by atoms with Gasteiger partial charge in [-0.25, -0.2) is 15.0 Å². The molecule has 0 atom stereocenters. The number of aromatic amines is 1. The molecule has 10 heteroatoms. The Morgan fingerprint density at radius 2 is 1.65 bits per heavy atom. The number of piperazine rings is 1. The predicted molar refractivity (Wildman–Crippen MR) is 131 cm³/mol. The van der Waals surface area contributed by atoms with Gasteiger partial charge in [-0.1, -0.05) is 0 Å². The highest BCUT2D eigenvalue weighted by atomic mass is 16.5. The summed E-state index contributed by atoms with van der Waals surface area (Å²) in [5, 5.41) is 0. The predicted octanol–water partition coefficient (Wildman–Crippen LogP) is 1.71. The van der Waals surface area contributed by atoms with E-state index in [4.69, 9.17) is 14.5 Å². The first-order valence-corrected chi connectivity index (χ1v) is 11.5. The third-order valence-electron chi connectivity index (χ3n) is 6.28. The first-order valence-electron chi connectivity index (χ1n) is 11.5. The quantitative estimate of drug-likeness (QED) is 0.606. The molecule has 34 heavy (non-hydrogen) atoms. The molecule has 2 aliphatic heterocycles. The number of morpholine rings is 1. The molecule has 10 nitrogen and oxygen atoms in total. The molecule has 5 rings (SSSR count). The lowest BCUT2D eigenvalue weighted by Crippen LogP contribution is -2.47. The van der Waals surface area contributed by atoms with Gasteiger partial charge in [0.15, 0.2) is 0 Å². The average Bonchev–Trinajstić information content (AvgIpc) is 2.89. The molecule has 3 aromatic rings. The van der Waals surface area contributed by atoms with E-state index >= 15 is 0 Å². The lowest BCUT2D eigenvalue weighted by molar-refractivity contribution is 0.122. The van der Waals surface area contributed by atoms with Gasteiger partial charge in [-0.05, 0) is 31.2 Å². The maximum Gasteiger partial charge on any atom is 0.252 e. The summed E-state index contributed by atoms with van der Waals surface area (Å²) in [5.41, 5.74) is 3.12. The molecule has 0 amide bonds. The number of aryl methyl sites for hydroxylation is 1. The smallest absolute Gasteiger partial charge is 0.252 e. The van der Waals surface area contributed by atoms with E-state index in [1.807, 2.05) is 19.1 Å². The Bertz CT molecular complexity index is 1180. The maximum atomic E-state index is 12.5. The maximum absolute atomic E-state index is 12.5. The second-order valence-electron chi connectivity index (χ2n) is 8.39. The van der Waals surface area contributed by atoms with Crippen LogP contribution in [-0.2, 0) is 4.74 Å². The van der Waals surface area contributed by atoms with Crippen molar-refractivity contribution < 1.29 is 9.47 Å². The fraction of sp³-hybridized carbons (Fsp3) is 0.417. The molecule has 0 bridgehead atoms. The number of anilines is 3. The van der Waals surface area contributed by atoms with Gasteiger partial charge in [0.25, 0.3) is 5.56 Å². The molecule has 1 N–H and O–H groups in total. The van der Waals surface area contributed by atoms with E-state index in [-0.39, 0.29) is 5.56 Å². The Balaban J connectivity index is 1.32. The number of nitrogens with zero attached hydrogens (tertiary/aromatic N) is 6. The molecule has 0 aliphatic carbocycles. The fourth-order valence-corrected chi connectivity index (χ4v) is 4.32. The summed E-state index contributed by atoms with van der Waals surface area (Å²) in [6.07, 6.45) is 1.76. The van der Waals surface area contributed by atoms with Crippen LogP contribution in [0.4, 0.5) is 17.6 Å². The summed E-state index contributed by atoms with van der Waals surface area (Å²) in [4.78, 5) is 35.9. The number of hydrogen-bond acceptors (Lipinski definition) is 9. The molecule has 0 unspecified atom stereocenters. The highest BCUT2D eigenvalue weighted by Gasteiger charge is 2.21. The van der Waals surface area contributed by atoms with Gasteiger partial charge in [0.05, 0.1) is 31.7 Å². The second-order valence-corrected chi connectivity index (χ2v) is 8.39. The van der Waals surface area contributed by atoms with E-state index in [0.29, 0.717) is 30.8 Å². The Kier molecular flexibility index (Phi) is 6.31. The molecule has 178 valence electrons. The third-order valence-corrected chi connectivity index (χ3v) is 6.28. The lowest BCUT2D eigenvalue weighted by atomic mass is 10.1. The van der Waals surface area contributed by atoms with Gasteiger partial charge in [-0.3, -0.25) is 9.78 Å². The largest absolute Gasteiger partial charge is 0.497 e. The lowest BCUT2D eigenvalue weighted by Gasteiger charge is -2.36. The summed E-state index contributed by atoms with van der Waals surface area (Å²) in [5.74, 6) is 2.11. The molecule has 0 saturated carbocycles. The normalized spacial score (nSPS) is 16.6. The number of aromatic nitrogens is 4. The molecule has 0 spiro atoms. The number of ether oxygens (including phenoxy) is 2. The molecule has 2 saturated heterocycles. The van der Waals surface area contributed by atoms with Crippen LogP contribution in [0.3, 0.4) is 0 Å². The zero-order valence-electron chi connectivity index (χ0n) is 19.5. The summed E-state index contributed by atoms with van der Waals surface area (Å²) in [7, 11) is 1.67. The second kappa shape index (κ2) is 9.68. The number of rotatable bonds is 5. The minimum absolute atomic E-state index is 0.186. The van der Waals surface area contributed by atoms with Crippen LogP contribution in [-0.4, -0.2) is 79.5 Å². The van der Waals surface area contributed by atoms with Crippen molar-refractivity contribution in [1.82, 2.24) is 19.9 Å². The van der Waals surface area contributed by atoms with E-state index < -0.39 is 0 Å². The number of benzene rings is 1. The highest BCUT2D eigenvalue weighted by molar-refractivity contribution is 5.63. The van der Waals surface area contributed by atoms with Crippen molar-refractivity contribution in [2.24, 2.45) is 0 Å². The Morgan fingerprint density at radius 3 is 2.32 bits per heavy atom. The van der Waals surface area contributed by atoms with E-state index in [1.165, 1.54) is 6.07 Å². The number of nitrogens with one attached hydrogen (secondary N) is 1. The number of hydrogen-bond donors (Lipinski definition) is 1. The zero-order valence-corrected chi connectivity index (χ0v) is 19.5. The van der Waals surface area contributed by atoms with Crippen LogP contribution in [0.1, 0.15) is 5.69 Å². The first-order chi connectivity index (χ1) is 16.6. The molecule has 2 aliphatic rings. The number of H-pyrrole nitrogens is 1. The average molecular weight is 464 g/mol. The van der Waals surface area contributed by atoms with Crippen molar-refractivity contribution >= 4 is 17.6 Å². The molecular formula is C24H29N7O3. The van der Waals surface area contributed by atoms with E-state index in [2.05, 4.69) is 41.8 Å². The van der Waals surface area contributed by atoms with Crippen LogP contribution in [0, 0.1) is 6.92 Å². The van der Waals surface area contributed by atoms with Crippen LogP contribution in [0.5, 0.6) is 5.75 Å². The number of methoxy groups -OCH3 is 1. The van der Waals surface area contributed by atoms with E-state index in [9.17, 15) is 4.79 Å². The Hall–Kier alpha value is -3.66. The van der Waals surface area contributed by atoms with Gasteiger partial charge in [0, 0.05) is 62.8 Å². The van der Waals surface area contributed by atoms with Gasteiger partial charge in [0.1, 0.15) is 5.75 Å². The molecular weight excluding hydrogens is 434 g/mol. The summed E-state index contributed by atoms with van der Waals surface area (Å²) < 4.78 is 10.7. The summed E-state index contributed by atoms with van der Waals surface area (Å²) >= 11 is 0. The SMILES string of the molecule is COc1ccc(N2CCN(c3nc(-c4cnc(N5CCOCC5)nc4C)cc(=O)[nH]3)CC2)cc1. The van der Waals surface area contributed by atoms with Gasteiger partial charge >= 0.3 is 0 Å². The van der Waals surface area contributed by atoms with Gasteiger partial charge in [-0.2, -0.15) is 0 Å². The third kappa shape index (κ3) is 4.67. The summed E-state index contributed by atoms with van der Waals surface area (Å²) in [6, 6.07) is 9.59. The van der Waals surface area contributed by atoms with Gasteiger partial charge in [-0.15, -0.1) is 0 Å². The van der Waals surface area contributed by atoms with Crippen LogP contribution >= 0.6 is 0 Å². The van der Waals surface area contributed by atoms with Crippen LogP contribution < -0.4 is 25.0 Å². The van der Waals surface area contributed by atoms with Crippen molar-refractivity contribution in [3.05, 3.63) is 52.6 Å². The molecule has 0 radical (unpaired) electrons. The first kappa shape index (κ1) is 22.1. The van der Waals surface area contributed by atoms with Crippen molar-refractivity contribution in [3.63, 3.8) is 0 Å². The van der Waals surface area contributed by atoms with Crippen molar-refractivity contribution in [3.8, 4) is 17.0 Å². The zero-order chi connectivity index (χ0) is 23.5. The summed E-state index contributed by atoms with van der Waals surface area (Å²) in [6.45, 7) is 7.99. The van der Waals surface area contributed by atoms with Crippen molar-refractivity contribution in [2.45, 2.75) is 6.92 Å². The Labute approximate surface area is 198 Å². The van der Waals surface area contributed by atoms with Crippen molar-refractivity contribution in [1.29, 1.82) is 0 Å². The fourth-order valence-electron chi connectivity index (χ4n) is 4.32. The minimum atomic E-state index is -0.186. The molecule has 2 fully saturated rings. The topological polar surface area (TPSA) is 99.7 Å². The standard InChI is InChI=1S/C24H29N7O3/c1-17-20(16-25-23(26-17)31-11-13-34-14-12-31)21-15-22(32)28-24(27-21)30-9-7-29(8-10-30)18-3-5-19(33-2)6-4-18/h3-6,15-16H,7-14H2,1-2H3,(H,27,28,32). The van der Waals surface area contributed by atoms with Crippen molar-refractivity contribution in [2.75, 3.05) is 74.3 Å². The van der Waals surface area contributed by atoms with E-state index in [0.717, 1.165) is 62.0 Å². The molecule has 2 aromatic heterocycles. The van der Waals surface area contributed by atoms with Gasteiger partial charge in [0.2, 0.25) is 11.9 Å². The monoisotopic (exact) mass is 463 g/mol. The highest BCUT2D eigenvalue weighted by Crippen LogP contribution is 2.24. The van der Waals surface area contributed by atoms with Gasteiger partial charge < -0.3 is 24.2 Å². The molecule has 1 aromatic carbocycles. The molecule has 4 heterocycles.